The molecule has 3 nitrogen and oxygen atoms in total. The fourth-order valence-electron chi connectivity index (χ4n) is 3.02. The van der Waals surface area contributed by atoms with Crippen LogP contribution in [0, 0.1) is 0 Å². The number of thiocarbonyl (C=S) groups is 1. The van der Waals surface area contributed by atoms with Crippen molar-refractivity contribution >= 4 is 22.9 Å². The summed E-state index contributed by atoms with van der Waals surface area (Å²) in [5.41, 5.74) is 9.46. The van der Waals surface area contributed by atoms with E-state index in [1.165, 1.54) is 16.8 Å². The van der Waals surface area contributed by atoms with Gasteiger partial charge < -0.3 is 10.6 Å². The maximum atomic E-state index is 5.59. The lowest BCUT2D eigenvalue weighted by Gasteiger charge is -2.36. The molecule has 2 aromatic rings. The number of benzene rings is 2. The minimum absolute atomic E-state index is 0.551. The van der Waals surface area contributed by atoms with Crippen molar-refractivity contribution in [1.29, 1.82) is 0 Å². The van der Waals surface area contributed by atoms with Gasteiger partial charge in [-0.2, -0.15) is 0 Å². The fraction of sp³-hybridized carbons (Fsp3) is 0.316. The third-order valence-electron chi connectivity index (χ3n) is 4.30. The van der Waals surface area contributed by atoms with Gasteiger partial charge in [-0.1, -0.05) is 54.7 Å². The fourth-order valence-corrected chi connectivity index (χ4v) is 3.19. The summed E-state index contributed by atoms with van der Waals surface area (Å²) in [6, 6.07) is 19.3. The standard InChI is InChI=1S/C19H23N3S/c20-19(23)14-16-6-8-17(9-7-16)15-21-10-12-22(13-11-21)18-4-2-1-3-5-18/h1-9H,10-15H2,(H2,20,23). The van der Waals surface area contributed by atoms with Crippen LogP contribution in [0.25, 0.3) is 0 Å². The topological polar surface area (TPSA) is 32.5 Å². The average Bonchev–Trinajstić information content (AvgIpc) is 2.58. The molecule has 1 heterocycles. The summed E-state index contributed by atoms with van der Waals surface area (Å²) in [6.07, 6.45) is 0.686. The Morgan fingerprint density at radius 2 is 1.48 bits per heavy atom. The Morgan fingerprint density at radius 3 is 2.09 bits per heavy atom. The molecule has 0 spiro atoms. The number of nitrogens with zero attached hydrogens (tertiary/aromatic N) is 2. The van der Waals surface area contributed by atoms with Crippen molar-refractivity contribution < 1.29 is 0 Å². The lowest BCUT2D eigenvalue weighted by atomic mass is 10.1. The van der Waals surface area contributed by atoms with Gasteiger partial charge in [-0.15, -0.1) is 0 Å². The molecule has 1 aliphatic heterocycles. The summed E-state index contributed by atoms with van der Waals surface area (Å²) in [4.78, 5) is 5.53. The number of hydrogen-bond donors (Lipinski definition) is 1. The van der Waals surface area contributed by atoms with Gasteiger partial charge >= 0.3 is 0 Å². The van der Waals surface area contributed by atoms with E-state index in [-0.39, 0.29) is 0 Å². The van der Waals surface area contributed by atoms with Crippen LogP contribution < -0.4 is 10.6 Å². The Morgan fingerprint density at radius 1 is 0.870 bits per heavy atom. The first-order valence-electron chi connectivity index (χ1n) is 8.09. The minimum Gasteiger partial charge on any atom is -0.393 e. The molecule has 0 amide bonds. The molecule has 23 heavy (non-hydrogen) atoms. The van der Waals surface area contributed by atoms with Gasteiger partial charge in [0.25, 0.3) is 0 Å². The predicted octanol–water partition coefficient (Wildman–Crippen LogP) is 2.84. The van der Waals surface area contributed by atoms with E-state index in [0.717, 1.165) is 32.7 Å². The Hall–Kier alpha value is -1.91. The average molecular weight is 325 g/mol. The molecule has 0 aromatic heterocycles. The molecule has 4 heteroatoms. The van der Waals surface area contributed by atoms with Crippen LogP contribution in [-0.2, 0) is 13.0 Å². The number of anilines is 1. The highest BCUT2D eigenvalue weighted by Gasteiger charge is 2.17. The molecular weight excluding hydrogens is 302 g/mol. The van der Waals surface area contributed by atoms with Gasteiger partial charge in [0.15, 0.2) is 0 Å². The second-order valence-electron chi connectivity index (χ2n) is 6.06. The number of hydrogen-bond acceptors (Lipinski definition) is 3. The maximum absolute atomic E-state index is 5.59. The number of nitrogens with two attached hydrogens (primary N) is 1. The van der Waals surface area contributed by atoms with E-state index in [4.69, 9.17) is 18.0 Å². The van der Waals surface area contributed by atoms with Crippen molar-refractivity contribution in [3.63, 3.8) is 0 Å². The lowest BCUT2D eigenvalue weighted by molar-refractivity contribution is 0.250. The van der Waals surface area contributed by atoms with Crippen LogP contribution in [0.3, 0.4) is 0 Å². The van der Waals surface area contributed by atoms with Gasteiger partial charge in [-0.05, 0) is 23.3 Å². The monoisotopic (exact) mass is 325 g/mol. The van der Waals surface area contributed by atoms with E-state index in [1.54, 1.807) is 0 Å². The normalized spacial score (nSPS) is 15.6. The SMILES string of the molecule is NC(=S)Cc1ccc(CN2CCN(c3ccccc3)CC2)cc1. The zero-order valence-electron chi connectivity index (χ0n) is 13.3. The molecule has 2 aromatic carbocycles. The van der Waals surface area contributed by atoms with E-state index >= 15 is 0 Å². The van der Waals surface area contributed by atoms with Crippen molar-refractivity contribution in [2.24, 2.45) is 5.73 Å². The van der Waals surface area contributed by atoms with Crippen LogP contribution >= 0.6 is 12.2 Å². The van der Waals surface area contributed by atoms with Crippen LogP contribution in [0.2, 0.25) is 0 Å². The van der Waals surface area contributed by atoms with Gasteiger partial charge in [-0.25, -0.2) is 0 Å². The molecule has 120 valence electrons. The van der Waals surface area contributed by atoms with E-state index in [1.807, 2.05) is 0 Å². The first-order chi connectivity index (χ1) is 11.2. The predicted molar refractivity (Wildman–Crippen MR) is 101 cm³/mol. The second kappa shape index (κ2) is 7.57. The Kier molecular flexibility index (Phi) is 5.26. The summed E-state index contributed by atoms with van der Waals surface area (Å²) in [7, 11) is 0. The molecule has 1 fully saturated rings. The summed E-state index contributed by atoms with van der Waals surface area (Å²) in [5, 5.41) is 0. The zero-order chi connectivity index (χ0) is 16.1. The number of piperazine rings is 1. The number of para-hydroxylation sites is 1. The van der Waals surface area contributed by atoms with E-state index in [0.29, 0.717) is 11.4 Å². The van der Waals surface area contributed by atoms with Crippen molar-refractivity contribution in [3.05, 3.63) is 65.7 Å². The molecule has 0 atom stereocenters. The van der Waals surface area contributed by atoms with Crippen LogP contribution in [-0.4, -0.2) is 36.1 Å². The first-order valence-corrected chi connectivity index (χ1v) is 8.50. The van der Waals surface area contributed by atoms with E-state index < -0.39 is 0 Å². The molecule has 1 aliphatic rings. The molecule has 0 aliphatic carbocycles. The largest absolute Gasteiger partial charge is 0.393 e. The molecule has 0 unspecified atom stereocenters. The second-order valence-corrected chi connectivity index (χ2v) is 6.58. The number of rotatable bonds is 5. The molecule has 0 bridgehead atoms. The molecule has 3 rings (SSSR count). The van der Waals surface area contributed by atoms with Gasteiger partial charge in [-0.3, -0.25) is 4.90 Å². The summed E-state index contributed by atoms with van der Waals surface area (Å²) >= 11 is 4.96. The van der Waals surface area contributed by atoms with E-state index in [2.05, 4.69) is 64.4 Å². The molecule has 0 saturated carbocycles. The first kappa shape index (κ1) is 16.0. The van der Waals surface area contributed by atoms with Gasteiger partial charge in [0.2, 0.25) is 0 Å². The van der Waals surface area contributed by atoms with Crippen LogP contribution in [0.4, 0.5) is 5.69 Å². The zero-order valence-corrected chi connectivity index (χ0v) is 14.1. The minimum atomic E-state index is 0.551. The Labute approximate surface area is 143 Å². The van der Waals surface area contributed by atoms with Gasteiger partial charge in [0, 0.05) is 44.8 Å². The highest BCUT2D eigenvalue weighted by Crippen LogP contribution is 2.17. The highest BCUT2D eigenvalue weighted by molar-refractivity contribution is 7.80. The van der Waals surface area contributed by atoms with Crippen LogP contribution in [0.1, 0.15) is 11.1 Å². The Balaban J connectivity index is 1.51. The van der Waals surface area contributed by atoms with Crippen molar-refractivity contribution in [2.45, 2.75) is 13.0 Å². The summed E-state index contributed by atoms with van der Waals surface area (Å²) < 4.78 is 0. The molecule has 1 saturated heterocycles. The highest BCUT2D eigenvalue weighted by atomic mass is 32.1. The van der Waals surface area contributed by atoms with Crippen molar-refractivity contribution in [1.82, 2.24) is 4.90 Å². The molecule has 0 radical (unpaired) electrons. The lowest BCUT2D eigenvalue weighted by Crippen LogP contribution is -2.45. The third kappa shape index (κ3) is 4.53. The van der Waals surface area contributed by atoms with Crippen molar-refractivity contribution in [3.8, 4) is 0 Å². The van der Waals surface area contributed by atoms with Crippen molar-refractivity contribution in [2.75, 3.05) is 31.1 Å². The van der Waals surface area contributed by atoms with E-state index in [9.17, 15) is 0 Å². The summed E-state index contributed by atoms with van der Waals surface area (Å²) in [6.45, 7) is 5.39. The van der Waals surface area contributed by atoms with Gasteiger partial charge in [0.05, 0.1) is 4.99 Å². The third-order valence-corrected chi connectivity index (χ3v) is 4.45. The quantitative estimate of drug-likeness (QED) is 0.857. The van der Waals surface area contributed by atoms with Crippen LogP contribution in [0.5, 0.6) is 0 Å². The molecular formula is C19H23N3S. The maximum Gasteiger partial charge on any atom is 0.0771 e. The smallest absolute Gasteiger partial charge is 0.0771 e. The molecule has 2 N–H and O–H groups in total. The Bertz CT molecular complexity index is 631. The van der Waals surface area contributed by atoms with Gasteiger partial charge in [0.1, 0.15) is 0 Å². The van der Waals surface area contributed by atoms with Crippen LogP contribution in [0.15, 0.2) is 54.6 Å². The summed E-state index contributed by atoms with van der Waals surface area (Å²) in [5.74, 6) is 0.